The number of ether oxygens (including phenoxy) is 2. The third-order valence-corrected chi connectivity index (χ3v) is 4.79. The number of thioether (sulfide) groups is 1. The average Bonchev–Trinajstić information content (AvgIpc) is 2.64. The molecule has 0 fully saturated rings. The number of benzene rings is 2. The predicted molar refractivity (Wildman–Crippen MR) is 106 cm³/mol. The van der Waals surface area contributed by atoms with Gasteiger partial charge in [-0.1, -0.05) is 23.8 Å². The van der Waals surface area contributed by atoms with Crippen LogP contribution >= 0.6 is 11.8 Å². The molecule has 0 spiro atoms. The van der Waals surface area contributed by atoms with Gasteiger partial charge in [0.25, 0.3) is 0 Å². The van der Waals surface area contributed by atoms with Crippen molar-refractivity contribution in [2.24, 2.45) is 0 Å². The Balaban J connectivity index is 1.74. The Morgan fingerprint density at radius 1 is 1.12 bits per heavy atom. The molecule has 2 rings (SSSR count). The molecule has 0 atom stereocenters. The molecule has 0 amide bonds. The van der Waals surface area contributed by atoms with Crippen molar-refractivity contribution in [3.05, 3.63) is 59.7 Å². The molecule has 4 nitrogen and oxygen atoms in total. The summed E-state index contributed by atoms with van der Waals surface area (Å²) in [6, 6.07) is 14.0. The molecule has 138 valence electrons. The first-order valence-electron chi connectivity index (χ1n) is 8.50. The molecule has 0 aromatic heterocycles. The predicted octanol–water partition coefficient (Wildman–Crippen LogP) is 5.05. The summed E-state index contributed by atoms with van der Waals surface area (Å²) < 4.78 is 11.1. The van der Waals surface area contributed by atoms with E-state index in [1.807, 2.05) is 17.8 Å². The van der Waals surface area contributed by atoms with Crippen molar-refractivity contribution in [3.63, 3.8) is 0 Å². The van der Waals surface area contributed by atoms with Gasteiger partial charge < -0.3 is 14.6 Å². The first-order chi connectivity index (χ1) is 12.6. The van der Waals surface area contributed by atoms with Crippen LogP contribution in [0.4, 0.5) is 0 Å². The number of carboxylic acid groups (broad SMARTS) is 1. The number of hydrogen-bond donors (Lipinski definition) is 1. The molecule has 0 heterocycles. The molecule has 5 heteroatoms. The van der Waals surface area contributed by atoms with Gasteiger partial charge in [0.2, 0.25) is 0 Å². The van der Waals surface area contributed by atoms with Crippen LogP contribution in [0.15, 0.2) is 53.4 Å². The lowest BCUT2D eigenvalue weighted by Gasteiger charge is -2.11. The monoisotopic (exact) mass is 372 g/mol. The molecule has 2 aromatic rings. The highest BCUT2D eigenvalue weighted by atomic mass is 32.2. The van der Waals surface area contributed by atoms with Crippen LogP contribution in [-0.2, 0) is 4.79 Å². The van der Waals surface area contributed by atoms with Crippen LogP contribution < -0.4 is 9.47 Å². The molecule has 0 saturated heterocycles. The molecule has 0 radical (unpaired) electrons. The summed E-state index contributed by atoms with van der Waals surface area (Å²) in [6.07, 6.45) is 4.65. The maximum Gasteiger partial charge on any atom is 0.328 e. The van der Waals surface area contributed by atoms with Gasteiger partial charge in [0.05, 0.1) is 13.7 Å². The SMILES string of the molecule is COc1cc(C=CC(=O)O)ccc1OCCCCSc1ccc(C)cc1. The summed E-state index contributed by atoms with van der Waals surface area (Å²) in [5.41, 5.74) is 2.03. The van der Waals surface area contributed by atoms with Gasteiger partial charge >= 0.3 is 5.97 Å². The van der Waals surface area contributed by atoms with Gasteiger partial charge in [-0.2, -0.15) is 0 Å². The number of unbranched alkanes of at least 4 members (excludes halogenated alkanes) is 1. The lowest BCUT2D eigenvalue weighted by Crippen LogP contribution is -2.00. The van der Waals surface area contributed by atoms with E-state index in [1.54, 1.807) is 19.2 Å². The third-order valence-electron chi connectivity index (χ3n) is 3.69. The van der Waals surface area contributed by atoms with E-state index in [4.69, 9.17) is 14.6 Å². The zero-order valence-corrected chi connectivity index (χ0v) is 15.9. The molecule has 0 aliphatic rings. The van der Waals surface area contributed by atoms with Gasteiger partial charge in [-0.3, -0.25) is 0 Å². The summed E-state index contributed by atoms with van der Waals surface area (Å²) >= 11 is 1.86. The summed E-state index contributed by atoms with van der Waals surface area (Å²) in [6.45, 7) is 2.71. The van der Waals surface area contributed by atoms with Crippen molar-refractivity contribution < 1.29 is 19.4 Å². The van der Waals surface area contributed by atoms with Crippen LogP contribution in [0.5, 0.6) is 11.5 Å². The zero-order chi connectivity index (χ0) is 18.8. The Morgan fingerprint density at radius 3 is 2.58 bits per heavy atom. The van der Waals surface area contributed by atoms with Crippen LogP contribution in [-0.4, -0.2) is 30.5 Å². The van der Waals surface area contributed by atoms with E-state index in [0.717, 1.165) is 30.2 Å². The van der Waals surface area contributed by atoms with Crippen LogP contribution in [0, 0.1) is 6.92 Å². The van der Waals surface area contributed by atoms with E-state index in [2.05, 4.69) is 31.2 Å². The first-order valence-corrected chi connectivity index (χ1v) is 9.48. The minimum Gasteiger partial charge on any atom is -0.493 e. The van der Waals surface area contributed by atoms with Crippen LogP contribution in [0.1, 0.15) is 24.0 Å². The molecule has 2 aromatic carbocycles. The normalized spacial score (nSPS) is 10.8. The fourth-order valence-electron chi connectivity index (χ4n) is 2.29. The molecular formula is C21H24O4S. The average molecular weight is 372 g/mol. The number of rotatable bonds is 10. The van der Waals surface area contributed by atoms with Crippen LogP contribution in [0.3, 0.4) is 0 Å². The topological polar surface area (TPSA) is 55.8 Å². The highest BCUT2D eigenvalue weighted by Crippen LogP contribution is 2.29. The first kappa shape index (κ1) is 19.9. The van der Waals surface area contributed by atoms with E-state index in [9.17, 15) is 4.79 Å². The van der Waals surface area contributed by atoms with E-state index in [0.29, 0.717) is 18.1 Å². The fraction of sp³-hybridized carbons (Fsp3) is 0.286. The van der Waals surface area contributed by atoms with Gasteiger partial charge in [-0.05, 0) is 61.4 Å². The lowest BCUT2D eigenvalue weighted by atomic mass is 10.2. The van der Waals surface area contributed by atoms with Crippen molar-refractivity contribution >= 4 is 23.8 Å². The van der Waals surface area contributed by atoms with Gasteiger partial charge in [0.1, 0.15) is 0 Å². The van der Waals surface area contributed by atoms with E-state index < -0.39 is 5.97 Å². The molecule has 0 bridgehead atoms. The van der Waals surface area contributed by atoms with Crippen molar-refractivity contribution in [2.45, 2.75) is 24.7 Å². The quantitative estimate of drug-likeness (QED) is 0.359. The number of carbonyl (C=O) groups is 1. The minimum absolute atomic E-state index is 0.603. The minimum atomic E-state index is -0.979. The number of aliphatic carboxylic acids is 1. The second-order valence-corrected chi connectivity index (χ2v) is 6.97. The van der Waals surface area contributed by atoms with Crippen molar-refractivity contribution in [1.29, 1.82) is 0 Å². The Bertz CT molecular complexity index is 738. The molecule has 0 unspecified atom stereocenters. The van der Waals surface area contributed by atoms with Crippen molar-refractivity contribution in [1.82, 2.24) is 0 Å². The van der Waals surface area contributed by atoms with Gasteiger partial charge in [0, 0.05) is 11.0 Å². The molecule has 0 aliphatic heterocycles. The number of hydrogen-bond acceptors (Lipinski definition) is 4. The van der Waals surface area contributed by atoms with Gasteiger partial charge in [-0.25, -0.2) is 4.79 Å². The Morgan fingerprint density at radius 2 is 1.88 bits per heavy atom. The molecule has 0 aliphatic carbocycles. The molecule has 26 heavy (non-hydrogen) atoms. The summed E-state index contributed by atoms with van der Waals surface area (Å²) in [5, 5.41) is 8.68. The molecule has 1 N–H and O–H groups in total. The number of aryl methyl sites for hydroxylation is 1. The van der Waals surface area contributed by atoms with Gasteiger partial charge in [-0.15, -0.1) is 11.8 Å². The Labute approximate surface area is 158 Å². The fourth-order valence-corrected chi connectivity index (χ4v) is 3.20. The maximum absolute atomic E-state index is 10.6. The third kappa shape index (κ3) is 6.84. The Hall–Kier alpha value is -2.40. The van der Waals surface area contributed by atoms with Crippen LogP contribution in [0.2, 0.25) is 0 Å². The Kier molecular flexibility index (Phi) is 8.09. The second kappa shape index (κ2) is 10.6. The number of methoxy groups -OCH3 is 1. The van der Waals surface area contributed by atoms with Crippen molar-refractivity contribution in [3.8, 4) is 11.5 Å². The van der Waals surface area contributed by atoms with E-state index >= 15 is 0 Å². The van der Waals surface area contributed by atoms with Crippen LogP contribution in [0.25, 0.3) is 6.08 Å². The summed E-state index contributed by atoms with van der Waals surface area (Å²) in [7, 11) is 1.57. The number of carboxylic acids is 1. The summed E-state index contributed by atoms with van der Waals surface area (Å²) in [4.78, 5) is 11.9. The van der Waals surface area contributed by atoms with E-state index in [1.165, 1.54) is 16.5 Å². The standard InChI is InChI=1S/C21H24O4S/c1-16-5-9-18(10-6-16)26-14-4-3-13-25-19-11-7-17(8-12-21(22)23)15-20(19)24-2/h5-12,15H,3-4,13-14H2,1-2H3,(H,22,23). The van der Waals surface area contributed by atoms with E-state index in [-0.39, 0.29) is 0 Å². The smallest absolute Gasteiger partial charge is 0.328 e. The molecular weight excluding hydrogens is 348 g/mol. The highest BCUT2D eigenvalue weighted by Gasteiger charge is 2.05. The maximum atomic E-state index is 10.6. The highest BCUT2D eigenvalue weighted by molar-refractivity contribution is 7.99. The largest absolute Gasteiger partial charge is 0.493 e. The second-order valence-electron chi connectivity index (χ2n) is 5.80. The van der Waals surface area contributed by atoms with Crippen molar-refractivity contribution in [2.75, 3.05) is 19.5 Å². The van der Waals surface area contributed by atoms with Gasteiger partial charge in [0.15, 0.2) is 11.5 Å². The zero-order valence-electron chi connectivity index (χ0n) is 15.1. The molecule has 0 saturated carbocycles. The summed E-state index contributed by atoms with van der Waals surface area (Å²) in [5.74, 6) is 1.35. The lowest BCUT2D eigenvalue weighted by molar-refractivity contribution is -0.131.